The van der Waals surface area contributed by atoms with Gasteiger partial charge in [-0.3, -0.25) is 4.79 Å². The van der Waals surface area contributed by atoms with Crippen molar-refractivity contribution in [1.82, 2.24) is 10.3 Å². The van der Waals surface area contributed by atoms with Gasteiger partial charge in [-0.25, -0.2) is 9.37 Å². The first-order valence-corrected chi connectivity index (χ1v) is 6.40. The maximum Gasteiger partial charge on any atom is 0.255 e. The second kappa shape index (κ2) is 6.65. The predicted molar refractivity (Wildman–Crippen MR) is 75.7 cm³/mol. The fraction of sp³-hybridized carbons (Fsp3) is 0.200. The third kappa shape index (κ3) is 3.78. The molecule has 1 aromatic heterocycles. The molecule has 0 fully saturated rings. The molecule has 4 nitrogen and oxygen atoms in total. The van der Waals surface area contributed by atoms with Crippen LogP contribution in [0.1, 0.15) is 22.3 Å². The number of carbonyl (C=O) groups excluding carboxylic acids is 1. The van der Waals surface area contributed by atoms with Gasteiger partial charge in [0.2, 0.25) is 0 Å². The minimum Gasteiger partial charge on any atom is -0.383 e. The summed E-state index contributed by atoms with van der Waals surface area (Å²) in [4.78, 5) is 15.4. The second-order valence-electron chi connectivity index (χ2n) is 4.43. The van der Waals surface area contributed by atoms with E-state index in [4.69, 9.17) is 5.73 Å². The number of nitrogens with one attached hydrogen (secondary N) is 1. The molecule has 104 valence electrons. The molecule has 2 aromatic rings. The van der Waals surface area contributed by atoms with Gasteiger partial charge >= 0.3 is 0 Å². The van der Waals surface area contributed by atoms with Gasteiger partial charge in [0.1, 0.15) is 11.6 Å². The van der Waals surface area contributed by atoms with E-state index in [1.165, 1.54) is 5.56 Å². The first-order valence-electron chi connectivity index (χ1n) is 6.40. The quantitative estimate of drug-likeness (QED) is 0.820. The summed E-state index contributed by atoms with van der Waals surface area (Å²) in [6, 6.07) is 11.1. The van der Waals surface area contributed by atoms with Crippen molar-refractivity contribution in [2.75, 3.05) is 12.3 Å². The van der Waals surface area contributed by atoms with Gasteiger partial charge in [-0.1, -0.05) is 30.3 Å². The van der Waals surface area contributed by atoms with Crippen LogP contribution >= 0.6 is 0 Å². The Balaban J connectivity index is 1.82. The molecule has 2 rings (SSSR count). The van der Waals surface area contributed by atoms with Crippen LogP contribution in [-0.4, -0.2) is 17.4 Å². The van der Waals surface area contributed by atoms with Gasteiger partial charge in [0.15, 0.2) is 0 Å². The number of aryl methyl sites for hydroxylation is 1. The van der Waals surface area contributed by atoms with E-state index < -0.39 is 11.7 Å². The van der Waals surface area contributed by atoms with E-state index in [1.54, 1.807) is 0 Å². The molecule has 0 aliphatic carbocycles. The van der Waals surface area contributed by atoms with Crippen LogP contribution in [0.15, 0.2) is 42.6 Å². The molecule has 0 saturated heterocycles. The van der Waals surface area contributed by atoms with Crippen molar-refractivity contribution in [3.8, 4) is 0 Å². The van der Waals surface area contributed by atoms with E-state index in [9.17, 15) is 9.18 Å². The number of amides is 1. The Kier molecular flexibility index (Phi) is 4.65. The van der Waals surface area contributed by atoms with Crippen LogP contribution in [0.2, 0.25) is 0 Å². The molecule has 1 heterocycles. The van der Waals surface area contributed by atoms with Crippen LogP contribution < -0.4 is 11.1 Å². The van der Waals surface area contributed by atoms with Crippen molar-refractivity contribution in [2.24, 2.45) is 0 Å². The average molecular weight is 273 g/mol. The number of hydrogen-bond acceptors (Lipinski definition) is 3. The Morgan fingerprint density at radius 1 is 1.30 bits per heavy atom. The Morgan fingerprint density at radius 3 is 2.80 bits per heavy atom. The maximum absolute atomic E-state index is 13.0. The number of aromatic nitrogens is 1. The highest BCUT2D eigenvalue weighted by Gasteiger charge is 2.11. The van der Waals surface area contributed by atoms with Crippen molar-refractivity contribution >= 4 is 11.7 Å². The molecule has 0 radical (unpaired) electrons. The molecule has 20 heavy (non-hydrogen) atoms. The largest absolute Gasteiger partial charge is 0.383 e. The summed E-state index contributed by atoms with van der Waals surface area (Å²) in [6.07, 6.45) is 2.66. The van der Waals surface area contributed by atoms with Gasteiger partial charge in [-0.2, -0.15) is 0 Å². The highest BCUT2D eigenvalue weighted by molar-refractivity contribution is 5.98. The van der Waals surface area contributed by atoms with E-state index in [-0.39, 0.29) is 11.4 Å². The molecule has 5 heteroatoms. The number of hydrogen-bond donors (Lipinski definition) is 2. The Morgan fingerprint density at radius 2 is 2.05 bits per heavy atom. The number of nitrogens with two attached hydrogens (primary N) is 1. The van der Waals surface area contributed by atoms with Crippen LogP contribution in [0.4, 0.5) is 10.2 Å². The third-order valence-electron chi connectivity index (χ3n) is 2.90. The Bertz CT molecular complexity index is 587. The summed E-state index contributed by atoms with van der Waals surface area (Å²) < 4.78 is 13.0. The molecule has 0 bridgehead atoms. The number of rotatable bonds is 5. The molecule has 3 N–H and O–H groups in total. The molecule has 0 unspecified atom stereocenters. The van der Waals surface area contributed by atoms with Gasteiger partial charge in [0.25, 0.3) is 5.91 Å². The van der Waals surface area contributed by atoms with Gasteiger partial charge in [-0.05, 0) is 24.5 Å². The zero-order valence-corrected chi connectivity index (χ0v) is 11.0. The summed E-state index contributed by atoms with van der Waals surface area (Å²) in [6.45, 7) is 0.504. The molecule has 0 atom stereocenters. The van der Waals surface area contributed by atoms with Gasteiger partial charge in [0, 0.05) is 6.54 Å². The highest BCUT2D eigenvalue weighted by atomic mass is 19.1. The van der Waals surface area contributed by atoms with E-state index in [2.05, 4.69) is 10.3 Å². The van der Waals surface area contributed by atoms with E-state index in [1.807, 2.05) is 30.3 Å². The minimum absolute atomic E-state index is 0.0342. The maximum atomic E-state index is 13.0. The summed E-state index contributed by atoms with van der Waals surface area (Å²) in [5, 5.41) is 2.71. The first kappa shape index (κ1) is 14.0. The Hall–Kier alpha value is -2.43. The number of benzene rings is 1. The van der Waals surface area contributed by atoms with Gasteiger partial charge in [0.05, 0.1) is 11.8 Å². The van der Waals surface area contributed by atoms with Crippen molar-refractivity contribution < 1.29 is 9.18 Å². The molecule has 1 aromatic carbocycles. The lowest BCUT2D eigenvalue weighted by Gasteiger charge is -2.07. The van der Waals surface area contributed by atoms with Crippen LogP contribution in [0.3, 0.4) is 0 Å². The topological polar surface area (TPSA) is 68.0 Å². The molecule has 0 spiro atoms. The molecular formula is C15H16FN3O. The lowest BCUT2D eigenvalue weighted by molar-refractivity contribution is 0.0953. The van der Waals surface area contributed by atoms with Crippen LogP contribution in [-0.2, 0) is 6.42 Å². The number of anilines is 1. The van der Waals surface area contributed by atoms with Crippen molar-refractivity contribution in [1.29, 1.82) is 0 Å². The van der Waals surface area contributed by atoms with E-state index in [0.717, 1.165) is 25.1 Å². The average Bonchev–Trinajstić information content (AvgIpc) is 2.47. The third-order valence-corrected chi connectivity index (χ3v) is 2.90. The van der Waals surface area contributed by atoms with Crippen LogP contribution in [0, 0.1) is 5.82 Å². The van der Waals surface area contributed by atoms with Crippen molar-refractivity contribution in [2.45, 2.75) is 12.8 Å². The summed E-state index contributed by atoms with van der Waals surface area (Å²) in [7, 11) is 0. The number of nitrogens with zero attached hydrogens (tertiary/aromatic N) is 1. The number of carbonyl (C=O) groups is 1. The van der Waals surface area contributed by atoms with Crippen LogP contribution in [0.25, 0.3) is 0 Å². The molecule has 1 amide bonds. The summed E-state index contributed by atoms with van der Waals surface area (Å²) >= 11 is 0. The van der Waals surface area contributed by atoms with E-state index >= 15 is 0 Å². The molecule has 0 saturated carbocycles. The number of halogens is 1. The highest BCUT2D eigenvalue weighted by Crippen LogP contribution is 2.09. The second-order valence-corrected chi connectivity index (χ2v) is 4.43. The number of nitrogen functional groups attached to an aromatic ring is 1. The Labute approximate surface area is 116 Å². The van der Waals surface area contributed by atoms with E-state index in [0.29, 0.717) is 6.54 Å². The fourth-order valence-electron chi connectivity index (χ4n) is 1.87. The molecular weight excluding hydrogens is 257 g/mol. The van der Waals surface area contributed by atoms with Gasteiger partial charge in [-0.15, -0.1) is 0 Å². The molecule has 0 aliphatic heterocycles. The minimum atomic E-state index is -0.575. The zero-order valence-electron chi connectivity index (χ0n) is 11.0. The summed E-state index contributed by atoms with van der Waals surface area (Å²) in [5.41, 5.74) is 6.84. The van der Waals surface area contributed by atoms with Gasteiger partial charge < -0.3 is 11.1 Å². The predicted octanol–water partition coefficient (Wildman–Crippen LogP) is 2.17. The van der Waals surface area contributed by atoms with Crippen molar-refractivity contribution in [3.63, 3.8) is 0 Å². The summed E-state index contributed by atoms with van der Waals surface area (Å²) in [5.74, 6) is -0.942. The fourth-order valence-corrected chi connectivity index (χ4v) is 1.87. The smallest absolute Gasteiger partial charge is 0.255 e. The monoisotopic (exact) mass is 273 g/mol. The zero-order chi connectivity index (χ0) is 14.4. The number of pyridine rings is 1. The standard InChI is InChI=1S/C15H16FN3O/c16-12-9-13(14(17)19-10-12)15(20)18-8-4-7-11-5-2-1-3-6-11/h1-3,5-6,9-10H,4,7-8H2,(H2,17,19)(H,18,20). The first-order chi connectivity index (χ1) is 9.66. The van der Waals surface area contributed by atoms with Crippen molar-refractivity contribution in [3.05, 3.63) is 59.5 Å². The lowest BCUT2D eigenvalue weighted by Crippen LogP contribution is -2.26. The van der Waals surface area contributed by atoms with Crippen LogP contribution in [0.5, 0.6) is 0 Å². The normalized spacial score (nSPS) is 10.2. The lowest BCUT2D eigenvalue weighted by atomic mass is 10.1. The SMILES string of the molecule is Nc1ncc(F)cc1C(=O)NCCCc1ccccc1. The molecule has 0 aliphatic rings.